The molecule has 0 N–H and O–H groups in total. The molecule has 0 bridgehead atoms. The molecule has 2 rings (SSSR count). The van der Waals surface area contributed by atoms with E-state index in [4.69, 9.17) is 11.6 Å². The van der Waals surface area contributed by atoms with Gasteiger partial charge in [-0.2, -0.15) is 0 Å². The second kappa shape index (κ2) is 8.44. The standard InChI is InChI=1S/C17H23ClFN3O2/c1-3-21(4-2)15(23)12-20-8-10-22(11-9-20)17(24)16-13(18)6-5-7-14(16)19/h5-7H,3-4,8-12H2,1-2H3. The number of hydrogen-bond acceptors (Lipinski definition) is 3. The molecule has 1 aromatic carbocycles. The van der Waals surface area contributed by atoms with Crippen molar-refractivity contribution in [3.63, 3.8) is 0 Å². The largest absolute Gasteiger partial charge is 0.342 e. The lowest BCUT2D eigenvalue weighted by Gasteiger charge is -2.35. The van der Waals surface area contributed by atoms with Gasteiger partial charge in [-0.05, 0) is 26.0 Å². The van der Waals surface area contributed by atoms with Gasteiger partial charge in [0, 0.05) is 39.3 Å². The van der Waals surface area contributed by atoms with E-state index < -0.39 is 11.7 Å². The highest BCUT2D eigenvalue weighted by Crippen LogP contribution is 2.21. The Morgan fingerprint density at radius 3 is 2.33 bits per heavy atom. The van der Waals surface area contributed by atoms with Crippen molar-refractivity contribution in [1.29, 1.82) is 0 Å². The third kappa shape index (κ3) is 4.24. The number of amides is 2. The molecule has 1 aliphatic rings. The molecule has 0 unspecified atom stereocenters. The summed E-state index contributed by atoms with van der Waals surface area (Å²) in [6.07, 6.45) is 0. The lowest BCUT2D eigenvalue weighted by atomic mass is 10.1. The van der Waals surface area contributed by atoms with Crippen LogP contribution in [0.15, 0.2) is 18.2 Å². The normalized spacial score (nSPS) is 15.4. The van der Waals surface area contributed by atoms with Crippen LogP contribution in [0.3, 0.4) is 0 Å². The van der Waals surface area contributed by atoms with Crippen LogP contribution in [0.25, 0.3) is 0 Å². The van der Waals surface area contributed by atoms with E-state index >= 15 is 0 Å². The van der Waals surface area contributed by atoms with Crippen LogP contribution in [-0.2, 0) is 4.79 Å². The zero-order valence-corrected chi connectivity index (χ0v) is 14.9. The minimum absolute atomic E-state index is 0.0770. The van der Waals surface area contributed by atoms with Crippen LogP contribution in [0.2, 0.25) is 5.02 Å². The number of benzene rings is 1. The van der Waals surface area contributed by atoms with E-state index in [1.165, 1.54) is 18.2 Å². The minimum Gasteiger partial charge on any atom is -0.342 e. The van der Waals surface area contributed by atoms with E-state index in [1.54, 1.807) is 9.80 Å². The van der Waals surface area contributed by atoms with Crippen molar-refractivity contribution >= 4 is 23.4 Å². The highest BCUT2D eigenvalue weighted by Gasteiger charge is 2.27. The quantitative estimate of drug-likeness (QED) is 0.812. The van der Waals surface area contributed by atoms with Gasteiger partial charge in [0.1, 0.15) is 5.82 Å². The number of carbonyl (C=O) groups is 2. The summed E-state index contributed by atoms with van der Waals surface area (Å²) < 4.78 is 13.9. The second-order valence-electron chi connectivity index (χ2n) is 5.73. The fourth-order valence-electron chi connectivity index (χ4n) is 2.84. The van der Waals surface area contributed by atoms with Gasteiger partial charge >= 0.3 is 0 Å². The number of nitrogens with zero attached hydrogens (tertiary/aromatic N) is 3. The van der Waals surface area contributed by atoms with Gasteiger partial charge in [-0.15, -0.1) is 0 Å². The summed E-state index contributed by atoms with van der Waals surface area (Å²) in [5.41, 5.74) is -0.0770. The minimum atomic E-state index is -0.605. The molecule has 0 atom stereocenters. The van der Waals surface area contributed by atoms with Crippen molar-refractivity contribution < 1.29 is 14.0 Å². The van der Waals surface area contributed by atoms with E-state index in [-0.39, 0.29) is 16.5 Å². The first kappa shape index (κ1) is 18.7. The number of halogens is 2. The zero-order valence-electron chi connectivity index (χ0n) is 14.1. The van der Waals surface area contributed by atoms with Crippen molar-refractivity contribution in [2.75, 3.05) is 45.8 Å². The van der Waals surface area contributed by atoms with E-state index in [1.807, 2.05) is 18.7 Å². The molecule has 1 heterocycles. The molecule has 7 heteroatoms. The Labute approximate surface area is 147 Å². The van der Waals surface area contributed by atoms with Gasteiger partial charge in [0.15, 0.2) is 0 Å². The van der Waals surface area contributed by atoms with Crippen LogP contribution in [0.4, 0.5) is 4.39 Å². The molecule has 0 radical (unpaired) electrons. The van der Waals surface area contributed by atoms with Crippen LogP contribution in [0.5, 0.6) is 0 Å². The smallest absolute Gasteiger partial charge is 0.258 e. The Morgan fingerprint density at radius 1 is 1.17 bits per heavy atom. The third-order valence-electron chi connectivity index (χ3n) is 4.31. The Morgan fingerprint density at radius 2 is 1.79 bits per heavy atom. The van der Waals surface area contributed by atoms with Crippen molar-refractivity contribution in [3.05, 3.63) is 34.6 Å². The molecule has 2 amide bonds. The molecule has 5 nitrogen and oxygen atoms in total. The van der Waals surface area contributed by atoms with E-state index in [9.17, 15) is 14.0 Å². The Balaban J connectivity index is 1.93. The average Bonchev–Trinajstić information content (AvgIpc) is 2.56. The molecule has 1 aliphatic heterocycles. The summed E-state index contributed by atoms with van der Waals surface area (Å²) in [5, 5.41) is 0.124. The Kier molecular flexibility index (Phi) is 6.57. The molecule has 1 fully saturated rings. The first-order valence-corrected chi connectivity index (χ1v) is 8.59. The molecule has 24 heavy (non-hydrogen) atoms. The van der Waals surface area contributed by atoms with Gasteiger partial charge in [0.05, 0.1) is 17.1 Å². The first-order valence-electron chi connectivity index (χ1n) is 8.21. The van der Waals surface area contributed by atoms with Crippen LogP contribution >= 0.6 is 11.6 Å². The van der Waals surface area contributed by atoms with Gasteiger partial charge < -0.3 is 9.80 Å². The summed E-state index contributed by atoms with van der Waals surface area (Å²) in [4.78, 5) is 30.0. The third-order valence-corrected chi connectivity index (χ3v) is 4.63. The summed E-state index contributed by atoms with van der Waals surface area (Å²) in [6, 6.07) is 4.22. The highest BCUT2D eigenvalue weighted by molar-refractivity contribution is 6.33. The van der Waals surface area contributed by atoms with Crippen molar-refractivity contribution in [3.8, 4) is 0 Å². The zero-order chi connectivity index (χ0) is 17.7. The molecule has 0 aromatic heterocycles. The molecule has 0 spiro atoms. The van der Waals surface area contributed by atoms with E-state index in [0.29, 0.717) is 45.8 Å². The van der Waals surface area contributed by atoms with Crippen LogP contribution in [0, 0.1) is 5.82 Å². The van der Waals surface area contributed by atoms with Crippen LogP contribution < -0.4 is 0 Å². The van der Waals surface area contributed by atoms with Gasteiger partial charge in [-0.25, -0.2) is 4.39 Å². The van der Waals surface area contributed by atoms with E-state index in [0.717, 1.165) is 0 Å². The molecule has 1 aromatic rings. The average molecular weight is 356 g/mol. The maximum atomic E-state index is 13.9. The summed E-state index contributed by atoms with van der Waals surface area (Å²) in [6.45, 7) is 7.73. The molecule has 0 aliphatic carbocycles. The Bertz CT molecular complexity index is 579. The monoisotopic (exact) mass is 355 g/mol. The molecule has 1 saturated heterocycles. The highest BCUT2D eigenvalue weighted by atomic mass is 35.5. The number of hydrogen-bond donors (Lipinski definition) is 0. The van der Waals surface area contributed by atoms with E-state index in [2.05, 4.69) is 0 Å². The van der Waals surface area contributed by atoms with Gasteiger partial charge in [-0.3, -0.25) is 14.5 Å². The summed E-state index contributed by atoms with van der Waals surface area (Å²) >= 11 is 5.96. The number of carbonyl (C=O) groups excluding carboxylic acids is 2. The molecular formula is C17H23ClFN3O2. The van der Waals surface area contributed by atoms with Gasteiger partial charge in [0.2, 0.25) is 5.91 Å². The van der Waals surface area contributed by atoms with Crippen molar-refractivity contribution in [2.45, 2.75) is 13.8 Å². The van der Waals surface area contributed by atoms with Crippen LogP contribution in [0.1, 0.15) is 24.2 Å². The first-order chi connectivity index (χ1) is 11.5. The van der Waals surface area contributed by atoms with Gasteiger partial charge in [-0.1, -0.05) is 17.7 Å². The maximum Gasteiger partial charge on any atom is 0.258 e. The predicted molar refractivity (Wildman–Crippen MR) is 91.7 cm³/mol. The second-order valence-corrected chi connectivity index (χ2v) is 6.14. The molecular weight excluding hydrogens is 333 g/mol. The summed E-state index contributed by atoms with van der Waals surface area (Å²) in [5.74, 6) is -0.906. The van der Waals surface area contributed by atoms with Crippen LogP contribution in [-0.4, -0.2) is 72.3 Å². The SMILES string of the molecule is CCN(CC)C(=O)CN1CCN(C(=O)c2c(F)cccc2Cl)CC1. The topological polar surface area (TPSA) is 43.9 Å². The number of likely N-dealkylation sites (N-methyl/N-ethyl adjacent to an activating group) is 1. The number of piperazine rings is 1. The van der Waals surface area contributed by atoms with Crippen molar-refractivity contribution in [2.24, 2.45) is 0 Å². The predicted octanol–water partition coefficient (Wildman–Crippen LogP) is 2.11. The fraction of sp³-hybridized carbons (Fsp3) is 0.529. The number of rotatable bonds is 5. The fourth-order valence-corrected chi connectivity index (χ4v) is 3.08. The lowest BCUT2D eigenvalue weighted by molar-refractivity contribution is -0.132. The molecule has 0 saturated carbocycles. The Hall–Kier alpha value is -1.66. The summed E-state index contributed by atoms with van der Waals surface area (Å²) in [7, 11) is 0. The van der Waals surface area contributed by atoms with Gasteiger partial charge in [0.25, 0.3) is 5.91 Å². The maximum absolute atomic E-state index is 13.9. The van der Waals surface area contributed by atoms with Crippen molar-refractivity contribution in [1.82, 2.24) is 14.7 Å². The molecule has 132 valence electrons. The lowest BCUT2D eigenvalue weighted by Crippen LogP contribution is -2.51.